The van der Waals surface area contributed by atoms with Gasteiger partial charge in [0.2, 0.25) is 11.8 Å². The highest BCUT2D eigenvalue weighted by Gasteiger charge is 2.23. The Kier molecular flexibility index (Phi) is 5.57. The molecule has 1 fully saturated rings. The van der Waals surface area contributed by atoms with Crippen LogP contribution in [0.5, 0.6) is 0 Å². The van der Waals surface area contributed by atoms with Crippen LogP contribution >= 0.6 is 0 Å². The first-order valence-corrected chi connectivity index (χ1v) is 8.54. The van der Waals surface area contributed by atoms with Gasteiger partial charge in [-0.3, -0.25) is 14.4 Å². The second kappa shape index (κ2) is 8.05. The van der Waals surface area contributed by atoms with Crippen LogP contribution in [0.3, 0.4) is 0 Å². The minimum atomic E-state index is -0.625. The monoisotopic (exact) mass is 359 g/mol. The zero-order valence-electron chi connectivity index (χ0n) is 14.6. The number of carbonyl (C=O) groups excluding carboxylic acids is 2. The SMILES string of the molecule is C[C@@H](NC(=O)CCn1nnc2ccccc2c1=O)C(=O)N1CCOCC1. The van der Waals surface area contributed by atoms with Gasteiger partial charge < -0.3 is 15.0 Å². The maximum absolute atomic E-state index is 12.3. The summed E-state index contributed by atoms with van der Waals surface area (Å²) in [7, 11) is 0. The number of nitrogens with zero attached hydrogens (tertiary/aromatic N) is 4. The van der Waals surface area contributed by atoms with E-state index in [1.807, 2.05) is 0 Å². The Morgan fingerprint density at radius 2 is 2.00 bits per heavy atom. The van der Waals surface area contributed by atoms with E-state index in [9.17, 15) is 14.4 Å². The van der Waals surface area contributed by atoms with E-state index in [4.69, 9.17) is 4.74 Å². The van der Waals surface area contributed by atoms with Crippen molar-refractivity contribution in [2.45, 2.75) is 25.9 Å². The molecule has 9 nitrogen and oxygen atoms in total. The van der Waals surface area contributed by atoms with E-state index in [1.54, 1.807) is 36.1 Å². The summed E-state index contributed by atoms with van der Waals surface area (Å²) in [5.74, 6) is -0.453. The van der Waals surface area contributed by atoms with Crippen LogP contribution in [-0.2, 0) is 20.9 Å². The number of hydrogen-bond acceptors (Lipinski definition) is 6. The van der Waals surface area contributed by atoms with E-state index in [2.05, 4.69) is 15.6 Å². The molecule has 0 unspecified atom stereocenters. The third-order valence-electron chi connectivity index (χ3n) is 4.25. The number of carbonyl (C=O) groups is 2. The van der Waals surface area contributed by atoms with Crippen molar-refractivity contribution >= 4 is 22.7 Å². The van der Waals surface area contributed by atoms with E-state index in [1.165, 1.54) is 0 Å². The molecular formula is C17H21N5O4. The summed E-state index contributed by atoms with van der Waals surface area (Å²) in [5, 5.41) is 11.0. The van der Waals surface area contributed by atoms with Crippen molar-refractivity contribution < 1.29 is 14.3 Å². The zero-order chi connectivity index (χ0) is 18.5. The van der Waals surface area contributed by atoms with Gasteiger partial charge in [-0.15, -0.1) is 5.10 Å². The van der Waals surface area contributed by atoms with Crippen LogP contribution in [-0.4, -0.2) is 64.1 Å². The Bertz CT molecular complexity index is 860. The van der Waals surface area contributed by atoms with Crippen molar-refractivity contribution in [1.82, 2.24) is 25.2 Å². The molecule has 2 amide bonds. The number of benzene rings is 1. The van der Waals surface area contributed by atoms with Gasteiger partial charge in [0.05, 0.1) is 25.1 Å². The Balaban J connectivity index is 1.56. The number of aromatic nitrogens is 3. The molecule has 1 aliphatic heterocycles. The third kappa shape index (κ3) is 4.05. The Labute approximate surface area is 149 Å². The molecule has 0 radical (unpaired) electrons. The minimum Gasteiger partial charge on any atom is -0.378 e. The Hall–Kier alpha value is -2.81. The van der Waals surface area contributed by atoms with Gasteiger partial charge in [0.1, 0.15) is 11.6 Å². The van der Waals surface area contributed by atoms with Crippen molar-refractivity contribution in [3.05, 3.63) is 34.6 Å². The standard InChI is InChI=1S/C17H21N5O4/c1-12(16(24)21-8-10-26-11-9-21)18-15(23)6-7-22-17(25)13-4-2-3-5-14(13)19-20-22/h2-5,12H,6-11H2,1H3,(H,18,23)/t12-/m1/s1. The maximum atomic E-state index is 12.3. The normalized spacial score (nSPS) is 15.7. The molecule has 0 aliphatic carbocycles. The lowest BCUT2D eigenvalue weighted by Crippen LogP contribution is -2.50. The third-order valence-corrected chi connectivity index (χ3v) is 4.25. The summed E-state index contributed by atoms with van der Waals surface area (Å²) >= 11 is 0. The Morgan fingerprint density at radius 1 is 1.27 bits per heavy atom. The van der Waals surface area contributed by atoms with Crippen LogP contribution in [0.1, 0.15) is 13.3 Å². The molecule has 3 rings (SSSR count). The number of rotatable bonds is 5. The molecule has 1 aromatic carbocycles. The van der Waals surface area contributed by atoms with E-state index in [0.29, 0.717) is 37.2 Å². The molecule has 0 spiro atoms. The number of nitrogens with one attached hydrogen (secondary N) is 1. The van der Waals surface area contributed by atoms with Crippen LogP contribution in [0.15, 0.2) is 29.1 Å². The van der Waals surface area contributed by atoms with Crippen LogP contribution in [0.25, 0.3) is 10.9 Å². The molecule has 2 aromatic rings. The predicted octanol–water partition coefficient (Wildman–Crippen LogP) is -0.455. The molecule has 26 heavy (non-hydrogen) atoms. The van der Waals surface area contributed by atoms with E-state index in [0.717, 1.165) is 4.68 Å². The lowest BCUT2D eigenvalue weighted by atomic mass is 10.2. The van der Waals surface area contributed by atoms with E-state index in [-0.39, 0.29) is 30.3 Å². The zero-order valence-corrected chi connectivity index (χ0v) is 14.6. The number of morpholine rings is 1. The first-order valence-electron chi connectivity index (χ1n) is 8.54. The summed E-state index contributed by atoms with van der Waals surface area (Å²) in [5.41, 5.74) is 0.226. The predicted molar refractivity (Wildman–Crippen MR) is 93.4 cm³/mol. The molecule has 0 bridgehead atoms. The lowest BCUT2D eigenvalue weighted by Gasteiger charge is -2.29. The average molecular weight is 359 g/mol. The fraction of sp³-hybridized carbons (Fsp3) is 0.471. The van der Waals surface area contributed by atoms with Gasteiger partial charge in [0.15, 0.2) is 0 Å². The number of fused-ring (bicyclic) bond motifs is 1. The molecule has 1 saturated heterocycles. The van der Waals surface area contributed by atoms with Crippen molar-refractivity contribution in [3.8, 4) is 0 Å². The number of hydrogen-bond donors (Lipinski definition) is 1. The summed E-state index contributed by atoms with van der Waals surface area (Å²) in [6, 6.07) is 6.29. The molecule has 1 aromatic heterocycles. The first kappa shape index (κ1) is 18.0. The van der Waals surface area contributed by atoms with Gasteiger partial charge in [-0.1, -0.05) is 17.3 Å². The van der Waals surface area contributed by atoms with Crippen LogP contribution in [0.4, 0.5) is 0 Å². The fourth-order valence-electron chi connectivity index (χ4n) is 2.81. The van der Waals surface area contributed by atoms with Crippen molar-refractivity contribution in [2.24, 2.45) is 0 Å². The van der Waals surface area contributed by atoms with Gasteiger partial charge in [-0.2, -0.15) is 0 Å². The number of ether oxygens (including phenoxy) is 1. The van der Waals surface area contributed by atoms with Crippen molar-refractivity contribution in [3.63, 3.8) is 0 Å². The lowest BCUT2D eigenvalue weighted by molar-refractivity contribution is -0.139. The second-order valence-corrected chi connectivity index (χ2v) is 6.11. The number of aryl methyl sites for hydroxylation is 1. The molecule has 2 heterocycles. The quantitative estimate of drug-likeness (QED) is 0.775. The molecule has 1 atom stereocenters. The summed E-state index contributed by atoms with van der Waals surface area (Å²) in [4.78, 5) is 38.4. The van der Waals surface area contributed by atoms with E-state index >= 15 is 0 Å². The number of amides is 2. The maximum Gasteiger partial charge on any atom is 0.277 e. The second-order valence-electron chi connectivity index (χ2n) is 6.11. The van der Waals surface area contributed by atoms with Crippen LogP contribution in [0.2, 0.25) is 0 Å². The largest absolute Gasteiger partial charge is 0.378 e. The summed E-state index contributed by atoms with van der Waals surface area (Å²) in [6.07, 6.45) is 0.0354. The highest BCUT2D eigenvalue weighted by Crippen LogP contribution is 2.04. The molecule has 0 saturated carbocycles. The van der Waals surface area contributed by atoms with Gasteiger partial charge in [0, 0.05) is 19.5 Å². The Morgan fingerprint density at radius 3 is 2.77 bits per heavy atom. The van der Waals surface area contributed by atoms with Gasteiger partial charge in [0.25, 0.3) is 5.56 Å². The topological polar surface area (TPSA) is 106 Å². The molecular weight excluding hydrogens is 338 g/mol. The molecule has 9 heteroatoms. The van der Waals surface area contributed by atoms with Gasteiger partial charge >= 0.3 is 0 Å². The highest BCUT2D eigenvalue weighted by atomic mass is 16.5. The van der Waals surface area contributed by atoms with Gasteiger partial charge in [-0.25, -0.2) is 4.68 Å². The summed E-state index contributed by atoms with van der Waals surface area (Å²) < 4.78 is 6.38. The fourth-order valence-corrected chi connectivity index (χ4v) is 2.81. The smallest absolute Gasteiger partial charge is 0.277 e. The van der Waals surface area contributed by atoms with Gasteiger partial charge in [-0.05, 0) is 19.1 Å². The molecule has 1 N–H and O–H groups in total. The van der Waals surface area contributed by atoms with Crippen LogP contribution < -0.4 is 10.9 Å². The molecule has 1 aliphatic rings. The van der Waals surface area contributed by atoms with Crippen molar-refractivity contribution in [2.75, 3.05) is 26.3 Å². The highest BCUT2D eigenvalue weighted by molar-refractivity contribution is 5.87. The van der Waals surface area contributed by atoms with E-state index < -0.39 is 6.04 Å². The van der Waals surface area contributed by atoms with Crippen LogP contribution in [0, 0.1) is 0 Å². The first-order chi connectivity index (χ1) is 12.6. The van der Waals surface area contributed by atoms with Crippen molar-refractivity contribution in [1.29, 1.82) is 0 Å². The molecule has 138 valence electrons. The average Bonchev–Trinajstić information content (AvgIpc) is 2.67. The minimum absolute atomic E-state index is 0.0354. The summed E-state index contributed by atoms with van der Waals surface area (Å²) in [6.45, 7) is 3.83.